The van der Waals surface area contributed by atoms with Gasteiger partial charge < -0.3 is 15.0 Å². The fourth-order valence-electron chi connectivity index (χ4n) is 1.88. The Labute approximate surface area is 128 Å². The van der Waals surface area contributed by atoms with E-state index in [0.717, 1.165) is 17.3 Å². The predicted molar refractivity (Wildman–Crippen MR) is 83.0 cm³/mol. The molecule has 2 N–H and O–H groups in total. The number of aliphatic hydroxyl groups is 1. The minimum absolute atomic E-state index is 0.00974. The summed E-state index contributed by atoms with van der Waals surface area (Å²) in [5.74, 6) is 0.314. The van der Waals surface area contributed by atoms with Crippen molar-refractivity contribution in [2.45, 2.75) is 18.2 Å². The van der Waals surface area contributed by atoms with Gasteiger partial charge in [-0.25, -0.2) is 4.98 Å². The molecule has 0 aliphatic rings. The van der Waals surface area contributed by atoms with E-state index in [9.17, 15) is 4.79 Å². The first kappa shape index (κ1) is 15.6. The Morgan fingerprint density at radius 3 is 2.81 bits per heavy atom. The number of rotatable bonds is 7. The lowest BCUT2D eigenvalue weighted by molar-refractivity contribution is -0.118. The Morgan fingerprint density at radius 1 is 1.38 bits per heavy atom. The van der Waals surface area contributed by atoms with Gasteiger partial charge in [-0.3, -0.25) is 4.79 Å². The summed E-state index contributed by atoms with van der Waals surface area (Å²) in [5.41, 5.74) is 1.95. The first-order valence-corrected chi connectivity index (χ1v) is 7.74. The number of imidazole rings is 1. The van der Waals surface area contributed by atoms with Crippen LogP contribution in [0.1, 0.15) is 11.3 Å². The number of benzene rings is 1. The van der Waals surface area contributed by atoms with Gasteiger partial charge in [0.15, 0.2) is 5.16 Å². The van der Waals surface area contributed by atoms with Crippen LogP contribution >= 0.6 is 11.8 Å². The molecule has 5 nitrogen and oxygen atoms in total. The zero-order valence-corrected chi connectivity index (χ0v) is 12.8. The van der Waals surface area contributed by atoms with Gasteiger partial charge in [-0.1, -0.05) is 42.1 Å². The molecule has 0 radical (unpaired) electrons. The molecule has 0 bridgehead atoms. The van der Waals surface area contributed by atoms with Gasteiger partial charge in [0, 0.05) is 13.6 Å². The number of nitrogens with zero attached hydrogens (tertiary/aromatic N) is 2. The largest absolute Gasteiger partial charge is 0.390 e. The highest BCUT2D eigenvalue weighted by atomic mass is 32.2. The lowest BCUT2D eigenvalue weighted by Gasteiger charge is -2.06. The van der Waals surface area contributed by atoms with Crippen molar-refractivity contribution in [3.05, 3.63) is 47.8 Å². The molecule has 0 spiro atoms. The molecule has 21 heavy (non-hydrogen) atoms. The number of hydrogen-bond donors (Lipinski definition) is 2. The van der Waals surface area contributed by atoms with Gasteiger partial charge in [0.1, 0.15) is 0 Å². The van der Waals surface area contributed by atoms with Crippen LogP contribution in [0.3, 0.4) is 0 Å². The van der Waals surface area contributed by atoms with Crippen LogP contribution in [0, 0.1) is 0 Å². The predicted octanol–water partition coefficient (Wildman–Crippen LogP) is 1.36. The Balaban J connectivity index is 1.71. The maximum absolute atomic E-state index is 11.8. The van der Waals surface area contributed by atoms with Crippen molar-refractivity contribution in [1.29, 1.82) is 0 Å². The molecule has 6 heteroatoms. The zero-order valence-electron chi connectivity index (χ0n) is 12.0. The smallest absolute Gasteiger partial charge is 0.230 e. The Morgan fingerprint density at radius 2 is 2.14 bits per heavy atom. The topological polar surface area (TPSA) is 67.1 Å². The van der Waals surface area contributed by atoms with Crippen molar-refractivity contribution in [3.63, 3.8) is 0 Å². The maximum atomic E-state index is 11.8. The monoisotopic (exact) mass is 305 g/mol. The minimum atomic E-state index is -0.0483. The second kappa shape index (κ2) is 7.85. The van der Waals surface area contributed by atoms with Crippen LogP contribution in [0.25, 0.3) is 0 Å². The summed E-state index contributed by atoms with van der Waals surface area (Å²) in [5, 5.41) is 12.7. The molecule has 0 saturated carbocycles. The van der Waals surface area contributed by atoms with Gasteiger partial charge >= 0.3 is 0 Å². The molecule has 1 aromatic heterocycles. The summed E-state index contributed by atoms with van der Waals surface area (Å²) >= 11 is 1.37. The number of carbonyl (C=O) groups excluding carboxylic acids is 1. The van der Waals surface area contributed by atoms with Crippen molar-refractivity contribution in [3.8, 4) is 0 Å². The summed E-state index contributed by atoms with van der Waals surface area (Å²) in [6, 6.07) is 10.1. The van der Waals surface area contributed by atoms with Crippen LogP contribution < -0.4 is 5.32 Å². The zero-order chi connectivity index (χ0) is 15.1. The molecule has 0 saturated heterocycles. The van der Waals surface area contributed by atoms with Crippen molar-refractivity contribution < 1.29 is 9.90 Å². The van der Waals surface area contributed by atoms with E-state index in [1.165, 1.54) is 17.3 Å². The van der Waals surface area contributed by atoms with E-state index in [0.29, 0.717) is 12.3 Å². The van der Waals surface area contributed by atoms with E-state index < -0.39 is 0 Å². The molecule has 0 atom stereocenters. The molecular formula is C15H19N3O2S. The number of aromatic nitrogens is 2. The van der Waals surface area contributed by atoms with Gasteiger partial charge in [0.05, 0.1) is 24.3 Å². The third kappa shape index (κ3) is 4.61. The fraction of sp³-hybridized carbons (Fsp3) is 0.333. The highest BCUT2D eigenvalue weighted by molar-refractivity contribution is 7.99. The first-order chi connectivity index (χ1) is 10.2. The number of aliphatic hydroxyl groups excluding tert-OH is 1. The Hall–Kier alpha value is -1.79. The summed E-state index contributed by atoms with van der Waals surface area (Å²) in [6.07, 6.45) is 2.45. The summed E-state index contributed by atoms with van der Waals surface area (Å²) in [4.78, 5) is 15.9. The number of thioether (sulfide) groups is 1. The Bertz CT molecular complexity index is 584. The van der Waals surface area contributed by atoms with Crippen molar-refractivity contribution in [1.82, 2.24) is 14.9 Å². The van der Waals surface area contributed by atoms with Crippen LogP contribution in [0.4, 0.5) is 0 Å². The fourth-order valence-corrected chi connectivity index (χ4v) is 2.68. The van der Waals surface area contributed by atoms with Gasteiger partial charge in [-0.05, 0) is 12.0 Å². The van der Waals surface area contributed by atoms with E-state index >= 15 is 0 Å². The molecule has 1 amide bonds. The molecule has 0 aliphatic carbocycles. The molecule has 0 unspecified atom stereocenters. The first-order valence-electron chi connectivity index (χ1n) is 6.75. The van der Waals surface area contributed by atoms with E-state index in [-0.39, 0.29) is 12.5 Å². The number of carbonyl (C=O) groups is 1. The van der Waals surface area contributed by atoms with Gasteiger partial charge in [0.2, 0.25) is 5.91 Å². The molecule has 112 valence electrons. The van der Waals surface area contributed by atoms with Crippen LogP contribution in [0.2, 0.25) is 0 Å². The number of hydrogen-bond acceptors (Lipinski definition) is 4. The summed E-state index contributed by atoms with van der Waals surface area (Å²) in [7, 11) is 1.83. The van der Waals surface area contributed by atoms with Crippen LogP contribution in [0.15, 0.2) is 41.7 Å². The molecule has 0 fully saturated rings. The van der Waals surface area contributed by atoms with Crippen LogP contribution in [-0.2, 0) is 24.9 Å². The third-order valence-electron chi connectivity index (χ3n) is 3.11. The lowest BCUT2D eigenvalue weighted by Crippen LogP contribution is -2.27. The van der Waals surface area contributed by atoms with E-state index in [1.54, 1.807) is 10.8 Å². The average molecular weight is 305 g/mol. The standard InChI is InChI=1S/C15H19N3O2S/c1-18-13(10-19)9-17-15(18)21-11-14(20)16-8-7-12-5-3-2-4-6-12/h2-6,9,19H,7-8,10-11H2,1H3,(H,16,20). The van der Waals surface area contributed by atoms with E-state index in [2.05, 4.69) is 10.3 Å². The van der Waals surface area contributed by atoms with Gasteiger partial charge in [-0.15, -0.1) is 0 Å². The Kier molecular flexibility index (Phi) is 5.83. The molecule has 1 aromatic carbocycles. The number of amides is 1. The van der Waals surface area contributed by atoms with Crippen LogP contribution in [-0.4, -0.2) is 32.9 Å². The van der Waals surface area contributed by atoms with Crippen LogP contribution in [0.5, 0.6) is 0 Å². The lowest BCUT2D eigenvalue weighted by atomic mass is 10.1. The highest BCUT2D eigenvalue weighted by Gasteiger charge is 2.08. The number of nitrogens with one attached hydrogen (secondary N) is 1. The van der Waals surface area contributed by atoms with Gasteiger partial charge in [-0.2, -0.15) is 0 Å². The molecule has 1 heterocycles. The van der Waals surface area contributed by atoms with Gasteiger partial charge in [0.25, 0.3) is 0 Å². The second-order valence-electron chi connectivity index (χ2n) is 4.62. The second-order valence-corrected chi connectivity index (χ2v) is 5.57. The average Bonchev–Trinajstić information content (AvgIpc) is 2.86. The summed E-state index contributed by atoms with van der Waals surface area (Å²) < 4.78 is 1.79. The highest BCUT2D eigenvalue weighted by Crippen LogP contribution is 2.16. The molecular weight excluding hydrogens is 286 g/mol. The van der Waals surface area contributed by atoms with E-state index in [1.807, 2.05) is 37.4 Å². The van der Waals surface area contributed by atoms with Crippen molar-refractivity contribution in [2.75, 3.05) is 12.3 Å². The molecule has 0 aliphatic heterocycles. The van der Waals surface area contributed by atoms with Crippen molar-refractivity contribution in [2.24, 2.45) is 7.05 Å². The normalized spacial score (nSPS) is 10.6. The quantitative estimate of drug-likeness (QED) is 0.758. The maximum Gasteiger partial charge on any atom is 0.230 e. The third-order valence-corrected chi connectivity index (χ3v) is 4.16. The SMILES string of the molecule is Cn1c(CO)cnc1SCC(=O)NCCc1ccccc1. The molecule has 2 aromatic rings. The minimum Gasteiger partial charge on any atom is -0.390 e. The van der Waals surface area contributed by atoms with Crippen molar-refractivity contribution >= 4 is 17.7 Å². The molecule has 2 rings (SSSR count). The van der Waals surface area contributed by atoms with E-state index in [4.69, 9.17) is 5.11 Å². The summed E-state index contributed by atoms with van der Waals surface area (Å²) in [6.45, 7) is 0.583.